The number of amides is 1. The van der Waals surface area contributed by atoms with Crippen LogP contribution in [0.2, 0.25) is 0 Å². The van der Waals surface area contributed by atoms with E-state index < -0.39 is 5.91 Å². The van der Waals surface area contributed by atoms with E-state index in [1.165, 1.54) is 18.0 Å². The zero-order valence-electron chi connectivity index (χ0n) is 18.1. The second kappa shape index (κ2) is 10.1. The van der Waals surface area contributed by atoms with E-state index in [2.05, 4.69) is 40.7 Å². The van der Waals surface area contributed by atoms with Crippen molar-refractivity contribution in [1.29, 1.82) is 0 Å². The highest BCUT2D eigenvalue weighted by Crippen LogP contribution is 2.26. The predicted molar refractivity (Wildman–Crippen MR) is 114 cm³/mol. The zero-order valence-corrected chi connectivity index (χ0v) is 18.1. The maximum Gasteiger partial charge on any atom is 0.293 e. The minimum absolute atomic E-state index is 0.0292. The normalized spacial score (nSPS) is 14.5. The Labute approximate surface area is 188 Å². The largest absolute Gasteiger partial charge is 0.493 e. The van der Waals surface area contributed by atoms with Crippen LogP contribution in [-0.4, -0.2) is 82.9 Å². The summed E-state index contributed by atoms with van der Waals surface area (Å²) in [6.07, 6.45) is 1.48. The van der Waals surface area contributed by atoms with E-state index in [1.54, 1.807) is 25.3 Å². The number of nitrogens with zero attached hydrogens (tertiary/aromatic N) is 7. The van der Waals surface area contributed by atoms with Crippen molar-refractivity contribution in [3.8, 4) is 17.3 Å². The van der Waals surface area contributed by atoms with E-state index in [1.807, 2.05) is 0 Å². The number of rotatable bonds is 8. The molecule has 1 fully saturated rings. The number of methoxy groups -OCH3 is 2. The smallest absolute Gasteiger partial charge is 0.293 e. The first kappa shape index (κ1) is 22.2. The molecule has 33 heavy (non-hydrogen) atoms. The number of aromatic nitrogens is 5. The van der Waals surface area contributed by atoms with Gasteiger partial charge in [0.1, 0.15) is 0 Å². The second-order valence-electron chi connectivity index (χ2n) is 6.97. The number of hydrogen-bond acceptors (Lipinski definition) is 12. The van der Waals surface area contributed by atoms with E-state index in [0.717, 1.165) is 0 Å². The molecule has 0 aliphatic carbocycles. The lowest BCUT2D eigenvalue weighted by molar-refractivity contribution is 0.0332. The first-order chi connectivity index (χ1) is 16.1. The molecule has 14 heteroatoms. The van der Waals surface area contributed by atoms with E-state index >= 15 is 0 Å². The van der Waals surface area contributed by atoms with Crippen LogP contribution in [0.25, 0.3) is 5.82 Å². The molecule has 0 unspecified atom stereocenters. The number of hydrazone groups is 1. The number of nitrogens with one attached hydrogen (secondary N) is 1. The van der Waals surface area contributed by atoms with Crippen molar-refractivity contribution >= 4 is 17.9 Å². The summed E-state index contributed by atoms with van der Waals surface area (Å²) < 4.78 is 21.9. The standard InChI is InChI=1S/C19H23N9O5/c1-30-14-4-3-12(9-15(14)31-2)10-21-23-19(29)16-13(11-27-5-7-32-8-6-27)28(26-22-16)18-17(20)24-33-25-18/h3-4,9-10H,5-8,11H2,1-2H3,(H2,20,24)(H,23,29)/b21-10-. The summed E-state index contributed by atoms with van der Waals surface area (Å²) in [5.74, 6) is 0.767. The van der Waals surface area contributed by atoms with Crippen LogP contribution in [0.3, 0.4) is 0 Å². The van der Waals surface area contributed by atoms with Crippen LogP contribution in [0.5, 0.6) is 11.5 Å². The van der Waals surface area contributed by atoms with Crippen LogP contribution in [0, 0.1) is 0 Å². The average Bonchev–Trinajstić information content (AvgIpc) is 3.45. The highest BCUT2D eigenvalue weighted by Gasteiger charge is 2.26. The fraction of sp³-hybridized carbons (Fsp3) is 0.368. The summed E-state index contributed by atoms with van der Waals surface area (Å²) in [4.78, 5) is 15.0. The minimum Gasteiger partial charge on any atom is -0.493 e. The number of benzene rings is 1. The van der Waals surface area contributed by atoms with Gasteiger partial charge in [0.2, 0.25) is 11.6 Å². The summed E-state index contributed by atoms with van der Waals surface area (Å²) in [6, 6.07) is 5.25. The van der Waals surface area contributed by atoms with Crippen molar-refractivity contribution in [3.63, 3.8) is 0 Å². The SMILES string of the molecule is COc1ccc(/C=N\NC(=O)c2nnn(-c3nonc3N)c2CN2CCOCC2)cc1OC. The molecule has 1 amide bonds. The highest BCUT2D eigenvalue weighted by molar-refractivity contribution is 5.94. The average molecular weight is 457 g/mol. The minimum atomic E-state index is -0.545. The third kappa shape index (κ3) is 4.91. The van der Waals surface area contributed by atoms with Crippen molar-refractivity contribution in [1.82, 2.24) is 35.6 Å². The van der Waals surface area contributed by atoms with Crippen LogP contribution in [-0.2, 0) is 11.3 Å². The molecule has 3 aromatic rings. The molecule has 1 aromatic carbocycles. The lowest BCUT2D eigenvalue weighted by atomic mass is 10.2. The van der Waals surface area contributed by atoms with Crippen LogP contribution >= 0.6 is 0 Å². The Hall–Kier alpha value is -4.04. The van der Waals surface area contributed by atoms with Gasteiger partial charge < -0.3 is 19.9 Å². The number of hydrogen-bond donors (Lipinski definition) is 2. The summed E-state index contributed by atoms with van der Waals surface area (Å²) in [6.45, 7) is 2.93. The zero-order chi connectivity index (χ0) is 23.2. The first-order valence-corrected chi connectivity index (χ1v) is 9.99. The Kier molecular flexibility index (Phi) is 6.75. The van der Waals surface area contributed by atoms with Crippen LogP contribution in [0.4, 0.5) is 5.82 Å². The van der Waals surface area contributed by atoms with Gasteiger partial charge >= 0.3 is 0 Å². The van der Waals surface area contributed by atoms with Gasteiger partial charge in [0, 0.05) is 19.6 Å². The molecule has 0 saturated carbocycles. The molecular formula is C19H23N9O5. The maximum absolute atomic E-state index is 12.9. The molecule has 0 bridgehead atoms. The summed E-state index contributed by atoms with van der Waals surface area (Å²) in [5.41, 5.74) is 9.54. The van der Waals surface area contributed by atoms with E-state index in [0.29, 0.717) is 55.6 Å². The Balaban J connectivity index is 1.55. The highest BCUT2D eigenvalue weighted by atomic mass is 16.6. The number of carbonyl (C=O) groups excluding carboxylic acids is 1. The van der Waals surface area contributed by atoms with Gasteiger partial charge in [-0.05, 0) is 34.1 Å². The Morgan fingerprint density at radius 1 is 1.24 bits per heavy atom. The molecule has 1 aliphatic rings. The second-order valence-corrected chi connectivity index (χ2v) is 6.97. The maximum atomic E-state index is 12.9. The molecule has 0 atom stereocenters. The van der Waals surface area contributed by atoms with Crippen molar-refractivity contribution in [2.75, 3.05) is 46.3 Å². The summed E-state index contributed by atoms with van der Waals surface area (Å²) in [7, 11) is 3.09. The third-order valence-corrected chi connectivity index (χ3v) is 4.94. The van der Waals surface area contributed by atoms with Crippen molar-refractivity contribution < 1.29 is 23.6 Å². The Morgan fingerprint density at radius 3 is 2.73 bits per heavy atom. The van der Waals surface area contributed by atoms with Crippen molar-refractivity contribution in [2.45, 2.75) is 6.54 Å². The van der Waals surface area contributed by atoms with Crippen LogP contribution in [0.15, 0.2) is 27.9 Å². The fourth-order valence-electron chi connectivity index (χ4n) is 3.25. The van der Waals surface area contributed by atoms with Crippen LogP contribution < -0.4 is 20.6 Å². The van der Waals surface area contributed by atoms with Crippen LogP contribution in [0.1, 0.15) is 21.7 Å². The van der Waals surface area contributed by atoms with E-state index in [9.17, 15) is 4.79 Å². The van der Waals surface area contributed by atoms with Gasteiger partial charge in [0.05, 0.1) is 39.3 Å². The molecule has 0 radical (unpaired) electrons. The molecule has 174 valence electrons. The van der Waals surface area contributed by atoms with Gasteiger partial charge in [-0.15, -0.1) is 5.10 Å². The van der Waals surface area contributed by atoms with Gasteiger partial charge in [-0.3, -0.25) is 9.69 Å². The number of morpholine rings is 1. The number of nitrogens with two attached hydrogens (primary N) is 1. The van der Waals surface area contributed by atoms with Gasteiger partial charge in [0.15, 0.2) is 17.2 Å². The Bertz CT molecular complexity index is 1140. The third-order valence-electron chi connectivity index (χ3n) is 4.94. The molecule has 14 nitrogen and oxygen atoms in total. The molecule has 0 spiro atoms. The monoisotopic (exact) mass is 457 g/mol. The molecule has 3 heterocycles. The molecule has 2 aromatic heterocycles. The predicted octanol–water partition coefficient (Wildman–Crippen LogP) is -0.154. The summed E-state index contributed by atoms with van der Waals surface area (Å²) in [5, 5.41) is 19.4. The number of nitrogen functional groups attached to an aromatic ring is 1. The lowest BCUT2D eigenvalue weighted by Crippen LogP contribution is -2.37. The molecular weight excluding hydrogens is 434 g/mol. The molecule has 1 aliphatic heterocycles. The van der Waals surface area contributed by atoms with E-state index in [4.69, 9.17) is 19.9 Å². The molecule has 1 saturated heterocycles. The molecule has 3 N–H and O–H groups in total. The topological polar surface area (TPSA) is 168 Å². The van der Waals surface area contributed by atoms with Gasteiger partial charge in [-0.2, -0.15) is 9.78 Å². The number of anilines is 1. The fourth-order valence-corrected chi connectivity index (χ4v) is 3.25. The van der Waals surface area contributed by atoms with Gasteiger partial charge in [-0.25, -0.2) is 10.1 Å². The van der Waals surface area contributed by atoms with Crippen molar-refractivity contribution in [2.24, 2.45) is 5.10 Å². The number of ether oxygens (including phenoxy) is 3. The Morgan fingerprint density at radius 2 is 2.03 bits per heavy atom. The first-order valence-electron chi connectivity index (χ1n) is 9.99. The van der Waals surface area contributed by atoms with Gasteiger partial charge in [0.25, 0.3) is 5.91 Å². The summed E-state index contributed by atoms with van der Waals surface area (Å²) >= 11 is 0. The van der Waals surface area contributed by atoms with Gasteiger partial charge in [-0.1, -0.05) is 5.21 Å². The quantitative estimate of drug-likeness (QED) is 0.341. The van der Waals surface area contributed by atoms with Crippen molar-refractivity contribution in [3.05, 3.63) is 35.2 Å². The molecule has 4 rings (SSSR count). The van der Waals surface area contributed by atoms with E-state index in [-0.39, 0.29) is 17.3 Å². The number of carbonyl (C=O) groups is 1. The lowest BCUT2D eigenvalue weighted by Gasteiger charge is -2.26.